The quantitative estimate of drug-likeness (QED) is 0.782. The molecule has 1 aliphatic heterocycles. The van der Waals surface area contributed by atoms with Crippen molar-refractivity contribution in [2.75, 3.05) is 0 Å². The SMILES string of the molecule is Cc1cccc(C(=O)CC2C=Cc3ccccc3O2)c1. The zero-order valence-corrected chi connectivity index (χ0v) is 11.4. The van der Waals surface area contributed by atoms with E-state index in [2.05, 4.69) is 0 Å². The molecule has 2 nitrogen and oxygen atoms in total. The van der Waals surface area contributed by atoms with E-state index in [0.717, 1.165) is 22.4 Å². The molecular formula is C18H16O2. The Morgan fingerprint density at radius 2 is 2.00 bits per heavy atom. The largest absolute Gasteiger partial charge is 0.485 e. The minimum Gasteiger partial charge on any atom is -0.485 e. The molecule has 0 bridgehead atoms. The van der Waals surface area contributed by atoms with Crippen LogP contribution in [0.4, 0.5) is 0 Å². The lowest BCUT2D eigenvalue weighted by Crippen LogP contribution is -2.21. The predicted octanol–water partition coefficient (Wildman–Crippen LogP) is 4.04. The Kier molecular flexibility index (Phi) is 3.38. The summed E-state index contributed by atoms with van der Waals surface area (Å²) in [6.07, 6.45) is 4.16. The van der Waals surface area contributed by atoms with Crippen LogP contribution >= 0.6 is 0 Å². The molecule has 0 N–H and O–H groups in total. The first-order chi connectivity index (χ1) is 9.72. The number of hydrogen-bond donors (Lipinski definition) is 0. The van der Waals surface area contributed by atoms with Gasteiger partial charge in [-0.3, -0.25) is 4.79 Å². The van der Waals surface area contributed by atoms with Gasteiger partial charge in [-0.05, 0) is 25.1 Å². The molecule has 0 aliphatic carbocycles. The number of para-hydroxylation sites is 1. The van der Waals surface area contributed by atoms with E-state index >= 15 is 0 Å². The first-order valence-corrected chi connectivity index (χ1v) is 6.76. The Morgan fingerprint density at radius 3 is 2.85 bits per heavy atom. The molecule has 20 heavy (non-hydrogen) atoms. The fourth-order valence-electron chi connectivity index (χ4n) is 2.37. The normalized spacial score (nSPS) is 16.4. The number of ketones is 1. The fourth-order valence-corrected chi connectivity index (χ4v) is 2.37. The molecule has 2 aromatic carbocycles. The van der Waals surface area contributed by atoms with Gasteiger partial charge in [-0.1, -0.05) is 48.0 Å². The van der Waals surface area contributed by atoms with Crippen LogP contribution in [0.25, 0.3) is 6.08 Å². The van der Waals surface area contributed by atoms with E-state index < -0.39 is 0 Å². The van der Waals surface area contributed by atoms with Gasteiger partial charge in [0, 0.05) is 11.1 Å². The number of carbonyl (C=O) groups is 1. The van der Waals surface area contributed by atoms with Crippen LogP contribution in [-0.4, -0.2) is 11.9 Å². The van der Waals surface area contributed by atoms with Gasteiger partial charge in [-0.25, -0.2) is 0 Å². The summed E-state index contributed by atoms with van der Waals surface area (Å²) in [6, 6.07) is 15.5. The maximum Gasteiger partial charge on any atom is 0.166 e. The highest BCUT2D eigenvalue weighted by Crippen LogP contribution is 2.26. The van der Waals surface area contributed by atoms with Crippen LogP contribution in [0.3, 0.4) is 0 Å². The zero-order valence-electron chi connectivity index (χ0n) is 11.4. The number of carbonyl (C=O) groups excluding carboxylic acids is 1. The van der Waals surface area contributed by atoms with Gasteiger partial charge in [-0.15, -0.1) is 0 Å². The van der Waals surface area contributed by atoms with Crippen molar-refractivity contribution in [3.8, 4) is 5.75 Å². The highest BCUT2D eigenvalue weighted by Gasteiger charge is 2.18. The van der Waals surface area contributed by atoms with Gasteiger partial charge < -0.3 is 4.74 Å². The summed E-state index contributed by atoms with van der Waals surface area (Å²) < 4.78 is 5.85. The number of fused-ring (bicyclic) bond motifs is 1. The van der Waals surface area contributed by atoms with Crippen LogP contribution in [0.2, 0.25) is 0 Å². The molecule has 0 radical (unpaired) electrons. The first-order valence-electron chi connectivity index (χ1n) is 6.76. The first kappa shape index (κ1) is 12.7. The molecule has 0 aromatic heterocycles. The van der Waals surface area contributed by atoms with Gasteiger partial charge >= 0.3 is 0 Å². The minimum atomic E-state index is -0.182. The minimum absolute atomic E-state index is 0.114. The lowest BCUT2D eigenvalue weighted by atomic mass is 10.0. The van der Waals surface area contributed by atoms with Crippen LogP contribution in [0.1, 0.15) is 27.9 Å². The molecule has 0 saturated heterocycles. The summed E-state index contributed by atoms with van der Waals surface area (Å²) in [4.78, 5) is 12.3. The Bertz CT molecular complexity index is 671. The summed E-state index contributed by atoms with van der Waals surface area (Å²) >= 11 is 0. The van der Waals surface area contributed by atoms with Crippen molar-refractivity contribution in [3.05, 3.63) is 71.3 Å². The van der Waals surface area contributed by atoms with Gasteiger partial charge in [-0.2, -0.15) is 0 Å². The highest BCUT2D eigenvalue weighted by atomic mass is 16.5. The smallest absolute Gasteiger partial charge is 0.166 e. The third kappa shape index (κ3) is 2.64. The molecule has 0 saturated carbocycles. The molecule has 1 unspecified atom stereocenters. The van der Waals surface area contributed by atoms with Crippen molar-refractivity contribution in [1.29, 1.82) is 0 Å². The van der Waals surface area contributed by atoms with Crippen molar-refractivity contribution < 1.29 is 9.53 Å². The molecule has 0 spiro atoms. The van der Waals surface area contributed by atoms with E-state index in [4.69, 9.17) is 4.74 Å². The number of rotatable bonds is 3. The van der Waals surface area contributed by atoms with Crippen LogP contribution in [0.15, 0.2) is 54.6 Å². The second-order valence-corrected chi connectivity index (χ2v) is 5.05. The van der Waals surface area contributed by atoms with E-state index in [-0.39, 0.29) is 11.9 Å². The van der Waals surface area contributed by atoms with Crippen molar-refractivity contribution in [2.45, 2.75) is 19.4 Å². The third-order valence-corrected chi connectivity index (χ3v) is 3.41. The fraction of sp³-hybridized carbons (Fsp3) is 0.167. The maximum atomic E-state index is 12.3. The standard InChI is InChI=1S/C18H16O2/c1-13-5-4-7-15(11-13)17(19)12-16-10-9-14-6-2-3-8-18(14)20-16/h2-11,16H,12H2,1H3. The molecule has 0 amide bonds. The monoisotopic (exact) mass is 264 g/mol. The summed E-state index contributed by atoms with van der Waals surface area (Å²) in [6.45, 7) is 1.99. The predicted molar refractivity (Wildman–Crippen MR) is 80.0 cm³/mol. The van der Waals surface area contributed by atoms with E-state index in [0.29, 0.717) is 6.42 Å². The zero-order chi connectivity index (χ0) is 13.9. The summed E-state index contributed by atoms with van der Waals surface area (Å²) in [7, 11) is 0. The van der Waals surface area contributed by atoms with Crippen molar-refractivity contribution in [2.24, 2.45) is 0 Å². The number of Topliss-reactive ketones (excluding diaryl/α,β-unsaturated/α-hetero) is 1. The van der Waals surface area contributed by atoms with Gasteiger partial charge in [0.05, 0.1) is 6.42 Å². The summed E-state index contributed by atoms with van der Waals surface area (Å²) in [5.74, 6) is 0.958. The Hall–Kier alpha value is -2.35. The van der Waals surface area contributed by atoms with Gasteiger partial charge in [0.1, 0.15) is 11.9 Å². The van der Waals surface area contributed by atoms with Gasteiger partial charge in [0.15, 0.2) is 5.78 Å². The summed E-state index contributed by atoms with van der Waals surface area (Å²) in [5, 5.41) is 0. The molecular weight excluding hydrogens is 248 g/mol. The van der Waals surface area contributed by atoms with Crippen molar-refractivity contribution in [3.63, 3.8) is 0 Å². The second-order valence-electron chi connectivity index (χ2n) is 5.05. The number of benzene rings is 2. The Balaban J connectivity index is 1.73. The topological polar surface area (TPSA) is 26.3 Å². The van der Waals surface area contributed by atoms with Crippen LogP contribution in [0, 0.1) is 6.92 Å². The molecule has 100 valence electrons. The van der Waals surface area contributed by atoms with Gasteiger partial charge in [0.25, 0.3) is 0 Å². The average molecular weight is 264 g/mol. The number of hydrogen-bond acceptors (Lipinski definition) is 2. The van der Waals surface area contributed by atoms with Crippen LogP contribution in [-0.2, 0) is 0 Å². The third-order valence-electron chi connectivity index (χ3n) is 3.41. The van der Waals surface area contributed by atoms with Crippen LogP contribution in [0.5, 0.6) is 5.75 Å². The second kappa shape index (κ2) is 5.33. The van der Waals surface area contributed by atoms with E-state index in [9.17, 15) is 4.79 Å². The average Bonchev–Trinajstić information content (AvgIpc) is 2.47. The molecule has 2 aromatic rings. The Morgan fingerprint density at radius 1 is 1.15 bits per heavy atom. The Labute approximate surface area is 118 Å². The van der Waals surface area contributed by atoms with Crippen LogP contribution < -0.4 is 4.74 Å². The number of aryl methyl sites for hydroxylation is 1. The summed E-state index contributed by atoms with van der Waals surface area (Å²) in [5.41, 5.74) is 2.91. The van der Waals surface area contributed by atoms with Crippen molar-refractivity contribution in [1.82, 2.24) is 0 Å². The van der Waals surface area contributed by atoms with E-state index in [1.807, 2.05) is 67.6 Å². The van der Waals surface area contributed by atoms with Crippen molar-refractivity contribution >= 4 is 11.9 Å². The number of ether oxygens (including phenoxy) is 1. The lowest BCUT2D eigenvalue weighted by molar-refractivity contribution is 0.0935. The van der Waals surface area contributed by atoms with E-state index in [1.54, 1.807) is 0 Å². The molecule has 1 heterocycles. The van der Waals surface area contributed by atoms with E-state index in [1.165, 1.54) is 0 Å². The molecule has 3 rings (SSSR count). The molecule has 1 atom stereocenters. The van der Waals surface area contributed by atoms with Gasteiger partial charge in [0.2, 0.25) is 0 Å². The molecule has 1 aliphatic rings. The molecule has 2 heteroatoms. The molecule has 0 fully saturated rings. The lowest BCUT2D eigenvalue weighted by Gasteiger charge is -2.20. The maximum absolute atomic E-state index is 12.3. The highest BCUT2D eigenvalue weighted by molar-refractivity contribution is 5.96.